The average molecular weight is 258 g/mol. The van der Waals surface area contributed by atoms with Gasteiger partial charge in [-0.25, -0.2) is 4.79 Å². The van der Waals surface area contributed by atoms with E-state index in [1.54, 1.807) is 7.11 Å². The summed E-state index contributed by atoms with van der Waals surface area (Å²) in [7, 11) is 1.61. The molecule has 1 aromatic carbocycles. The van der Waals surface area contributed by atoms with Gasteiger partial charge >= 0.3 is 5.97 Å². The SMILES string of the molecule is CCCCOC(=O)/C=C/C#Cc1cccc(OC)c1. The standard InChI is InChI=1S/C16H18O3/c1-3-4-12-19-16(17)11-6-5-8-14-9-7-10-15(13-14)18-2/h6-7,9-11,13H,3-4,12H2,1-2H3/b11-6+. The topological polar surface area (TPSA) is 35.5 Å². The lowest BCUT2D eigenvalue weighted by Gasteiger charge is -1.98. The van der Waals surface area contributed by atoms with Gasteiger partial charge in [0.25, 0.3) is 0 Å². The molecule has 0 N–H and O–H groups in total. The number of benzene rings is 1. The van der Waals surface area contributed by atoms with Gasteiger partial charge in [0.05, 0.1) is 13.7 Å². The fourth-order valence-electron chi connectivity index (χ4n) is 1.30. The minimum Gasteiger partial charge on any atom is -0.497 e. The highest BCUT2D eigenvalue weighted by Gasteiger charge is 1.94. The van der Waals surface area contributed by atoms with Gasteiger partial charge in [-0.2, -0.15) is 0 Å². The number of carbonyl (C=O) groups is 1. The summed E-state index contributed by atoms with van der Waals surface area (Å²) in [4.78, 5) is 11.2. The Morgan fingerprint density at radius 2 is 2.26 bits per heavy atom. The van der Waals surface area contributed by atoms with Crippen LogP contribution in [-0.2, 0) is 9.53 Å². The fourth-order valence-corrected chi connectivity index (χ4v) is 1.30. The summed E-state index contributed by atoms with van der Waals surface area (Å²) in [6, 6.07) is 7.43. The quantitative estimate of drug-likeness (QED) is 0.352. The summed E-state index contributed by atoms with van der Waals surface area (Å²) in [5.74, 6) is 6.11. The first-order valence-electron chi connectivity index (χ1n) is 6.25. The number of hydrogen-bond donors (Lipinski definition) is 0. The molecule has 0 aliphatic rings. The van der Waals surface area contributed by atoms with E-state index in [9.17, 15) is 4.79 Å². The van der Waals surface area contributed by atoms with Crippen LogP contribution >= 0.6 is 0 Å². The molecule has 1 rings (SSSR count). The maximum absolute atomic E-state index is 11.2. The Balaban J connectivity index is 2.47. The maximum atomic E-state index is 11.2. The second-order valence-corrected chi connectivity index (χ2v) is 3.86. The lowest BCUT2D eigenvalue weighted by molar-refractivity contribution is -0.137. The number of unbranched alkanes of at least 4 members (excludes halogenated alkanes) is 1. The Morgan fingerprint density at radius 1 is 1.42 bits per heavy atom. The van der Waals surface area contributed by atoms with Crippen LogP contribution in [0, 0.1) is 11.8 Å². The number of esters is 1. The van der Waals surface area contributed by atoms with Crippen LogP contribution in [-0.4, -0.2) is 19.7 Å². The summed E-state index contributed by atoms with van der Waals surface area (Å²) in [5.41, 5.74) is 0.836. The highest BCUT2D eigenvalue weighted by atomic mass is 16.5. The van der Waals surface area contributed by atoms with Gasteiger partial charge in [-0.15, -0.1) is 0 Å². The Labute approximate surface area is 114 Å². The van der Waals surface area contributed by atoms with Crippen molar-refractivity contribution in [1.82, 2.24) is 0 Å². The van der Waals surface area contributed by atoms with Gasteiger partial charge in [0, 0.05) is 11.6 Å². The molecule has 0 radical (unpaired) electrons. The summed E-state index contributed by atoms with van der Waals surface area (Å²) in [6.07, 6.45) is 4.72. The van der Waals surface area contributed by atoms with Crippen molar-refractivity contribution < 1.29 is 14.3 Å². The Kier molecular flexibility index (Phi) is 6.89. The van der Waals surface area contributed by atoms with Crippen molar-refractivity contribution in [2.75, 3.05) is 13.7 Å². The Morgan fingerprint density at radius 3 is 3.00 bits per heavy atom. The molecule has 0 saturated carbocycles. The average Bonchev–Trinajstić information content (AvgIpc) is 2.44. The molecule has 19 heavy (non-hydrogen) atoms. The zero-order valence-corrected chi connectivity index (χ0v) is 11.3. The predicted molar refractivity (Wildman–Crippen MR) is 74.9 cm³/mol. The van der Waals surface area contributed by atoms with Crippen LogP contribution in [0.4, 0.5) is 0 Å². The third-order valence-corrected chi connectivity index (χ3v) is 2.33. The van der Waals surface area contributed by atoms with Crippen LogP contribution in [0.15, 0.2) is 36.4 Å². The minimum absolute atomic E-state index is 0.353. The van der Waals surface area contributed by atoms with E-state index in [0.717, 1.165) is 24.2 Å². The number of rotatable bonds is 5. The molecule has 0 atom stereocenters. The zero-order chi connectivity index (χ0) is 13.9. The summed E-state index contributed by atoms with van der Waals surface area (Å²) >= 11 is 0. The number of ether oxygens (including phenoxy) is 2. The van der Waals surface area contributed by atoms with E-state index in [2.05, 4.69) is 11.8 Å². The van der Waals surface area contributed by atoms with Gasteiger partial charge in [0.15, 0.2) is 0 Å². The highest BCUT2D eigenvalue weighted by Crippen LogP contribution is 2.11. The first-order valence-corrected chi connectivity index (χ1v) is 6.25. The van der Waals surface area contributed by atoms with Crippen molar-refractivity contribution in [3.05, 3.63) is 42.0 Å². The summed E-state index contributed by atoms with van der Waals surface area (Å²) in [6.45, 7) is 2.51. The molecule has 100 valence electrons. The van der Waals surface area contributed by atoms with Crippen LogP contribution in [0.3, 0.4) is 0 Å². The molecule has 0 aromatic heterocycles. The molecular weight excluding hydrogens is 240 g/mol. The summed E-state index contributed by atoms with van der Waals surface area (Å²) < 4.78 is 10.1. The van der Waals surface area contributed by atoms with E-state index in [4.69, 9.17) is 9.47 Å². The molecule has 0 spiro atoms. The monoisotopic (exact) mass is 258 g/mol. The molecule has 3 nitrogen and oxygen atoms in total. The molecular formula is C16H18O3. The van der Waals surface area contributed by atoms with E-state index >= 15 is 0 Å². The Hall–Kier alpha value is -2.21. The Bertz CT molecular complexity index is 492. The first-order chi connectivity index (χ1) is 9.26. The van der Waals surface area contributed by atoms with E-state index in [-0.39, 0.29) is 5.97 Å². The third kappa shape index (κ3) is 6.32. The molecule has 1 aromatic rings. The van der Waals surface area contributed by atoms with Gasteiger partial charge in [-0.1, -0.05) is 31.3 Å². The van der Waals surface area contributed by atoms with Gasteiger partial charge < -0.3 is 9.47 Å². The zero-order valence-electron chi connectivity index (χ0n) is 11.3. The summed E-state index contributed by atoms with van der Waals surface area (Å²) in [5, 5.41) is 0. The first kappa shape index (κ1) is 14.8. The molecule has 0 heterocycles. The number of methoxy groups -OCH3 is 1. The van der Waals surface area contributed by atoms with Crippen molar-refractivity contribution in [2.24, 2.45) is 0 Å². The smallest absolute Gasteiger partial charge is 0.331 e. The second kappa shape index (κ2) is 8.82. The highest BCUT2D eigenvalue weighted by molar-refractivity contribution is 5.82. The van der Waals surface area contributed by atoms with Crippen molar-refractivity contribution >= 4 is 5.97 Å². The van der Waals surface area contributed by atoms with E-state index in [1.807, 2.05) is 31.2 Å². The molecule has 0 fully saturated rings. The normalized spacial score (nSPS) is 9.79. The molecule has 0 saturated heterocycles. The van der Waals surface area contributed by atoms with Gasteiger partial charge in [0.1, 0.15) is 5.75 Å². The lowest BCUT2D eigenvalue weighted by atomic mass is 10.2. The molecule has 3 heteroatoms. The maximum Gasteiger partial charge on any atom is 0.331 e. The van der Waals surface area contributed by atoms with Gasteiger partial charge in [0.2, 0.25) is 0 Å². The molecule has 0 aliphatic heterocycles. The van der Waals surface area contributed by atoms with Crippen molar-refractivity contribution in [3.63, 3.8) is 0 Å². The van der Waals surface area contributed by atoms with E-state index < -0.39 is 0 Å². The van der Waals surface area contributed by atoms with Crippen molar-refractivity contribution in [3.8, 4) is 17.6 Å². The van der Waals surface area contributed by atoms with E-state index in [1.165, 1.54) is 12.2 Å². The van der Waals surface area contributed by atoms with Crippen LogP contribution < -0.4 is 4.74 Å². The van der Waals surface area contributed by atoms with E-state index in [0.29, 0.717) is 6.61 Å². The number of hydrogen-bond acceptors (Lipinski definition) is 3. The van der Waals surface area contributed by atoms with Crippen molar-refractivity contribution in [1.29, 1.82) is 0 Å². The van der Waals surface area contributed by atoms with Crippen LogP contribution in [0.25, 0.3) is 0 Å². The largest absolute Gasteiger partial charge is 0.497 e. The molecule has 0 bridgehead atoms. The second-order valence-electron chi connectivity index (χ2n) is 3.86. The fraction of sp³-hybridized carbons (Fsp3) is 0.312. The van der Waals surface area contributed by atoms with Gasteiger partial charge in [-0.3, -0.25) is 0 Å². The number of carbonyl (C=O) groups excluding carboxylic acids is 1. The van der Waals surface area contributed by atoms with Crippen molar-refractivity contribution in [2.45, 2.75) is 19.8 Å². The van der Waals surface area contributed by atoms with Gasteiger partial charge in [-0.05, 0) is 30.7 Å². The minimum atomic E-state index is -0.353. The van der Waals surface area contributed by atoms with Crippen LogP contribution in [0.5, 0.6) is 5.75 Å². The predicted octanol–water partition coefficient (Wildman–Crippen LogP) is 2.95. The van der Waals surface area contributed by atoms with Crippen LogP contribution in [0.2, 0.25) is 0 Å². The number of allylic oxidation sites excluding steroid dienone is 1. The molecule has 0 aliphatic carbocycles. The molecule has 0 amide bonds. The third-order valence-electron chi connectivity index (χ3n) is 2.33. The van der Waals surface area contributed by atoms with Crippen LogP contribution in [0.1, 0.15) is 25.3 Å². The molecule has 0 unspecified atom stereocenters. The lowest BCUT2D eigenvalue weighted by Crippen LogP contribution is -2.01.